The number of benzene rings is 2. The molecule has 0 bridgehead atoms. The minimum Gasteiger partial charge on any atom is -0.441 e. The first kappa shape index (κ1) is 14.4. The minimum atomic E-state index is -4.35. The molecule has 0 fully saturated rings. The molecular formula is C17H12F3NO. The summed E-state index contributed by atoms with van der Waals surface area (Å²) in [6.07, 6.45) is -4.35. The topological polar surface area (TPSA) is 26.0 Å². The number of hydrogen-bond donors (Lipinski definition) is 0. The Kier molecular flexibility index (Phi) is 3.48. The van der Waals surface area contributed by atoms with E-state index >= 15 is 0 Å². The summed E-state index contributed by atoms with van der Waals surface area (Å²) in [6.45, 7) is 1.78. The van der Waals surface area contributed by atoms with E-state index in [0.29, 0.717) is 22.9 Å². The van der Waals surface area contributed by atoms with Crippen LogP contribution in [-0.2, 0) is 6.18 Å². The van der Waals surface area contributed by atoms with Gasteiger partial charge in [0.2, 0.25) is 5.89 Å². The summed E-state index contributed by atoms with van der Waals surface area (Å²) < 4.78 is 43.3. The van der Waals surface area contributed by atoms with Crippen LogP contribution in [0.5, 0.6) is 0 Å². The van der Waals surface area contributed by atoms with Crippen molar-refractivity contribution in [2.45, 2.75) is 13.1 Å². The van der Waals surface area contributed by atoms with Crippen LogP contribution in [0.4, 0.5) is 13.2 Å². The van der Waals surface area contributed by atoms with Crippen molar-refractivity contribution >= 4 is 0 Å². The molecule has 0 unspecified atom stereocenters. The Morgan fingerprint density at radius 1 is 0.864 bits per heavy atom. The van der Waals surface area contributed by atoms with Gasteiger partial charge < -0.3 is 4.42 Å². The third kappa shape index (κ3) is 2.74. The summed E-state index contributed by atoms with van der Waals surface area (Å²) in [5, 5.41) is 0. The molecule has 0 aliphatic carbocycles. The highest BCUT2D eigenvalue weighted by atomic mass is 19.4. The van der Waals surface area contributed by atoms with Crippen LogP contribution in [-0.4, -0.2) is 4.98 Å². The maximum absolute atomic E-state index is 12.6. The maximum Gasteiger partial charge on any atom is 0.416 e. The summed E-state index contributed by atoms with van der Waals surface area (Å²) in [6, 6.07) is 14.3. The van der Waals surface area contributed by atoms with Gasteiger partial charge in [0.25, 0.3) is 0 Å². The molecule has 1 heterocycles. The summed E-state index contributed by atoms with van der Waals surface area (Å²) in [7, 11) is 0. The molecule has 22 heavy (non-hydrogen) atoms. The van der Waals surface area contributed by atoms with Gasteiger partial charge in [-0.25, -0.2) is 4.98 Å². The zero-order valence-electron chi connectivity index (χ0n) is 11.7. The quantitative estimate of drug-likeness (QED) is 0.639. The smallest absolute Gasteiger partial charge is 0.416 e. The van der Waals surface area contributed by atoms with Gasteiger partial charge in [0.15, 0.2) is 0 Å². The highest BCUT2D eigenvalue weighted by Crippen LogP contribution is 2.32. The lowest BCUT2D eigenvalue weighted by Crippen LogP contribution is -2.03. The van der Waals surface area contributed by atoms with Crippen LogP contribution >= 0.6 is 0 Å². The molecule has 0 aliphatic heterocycles. The molecule has 2 nitrogen and oxygen atoms in total. The van der Waals surface area contributed by atoms with Gasteiger partial charge in [-0.3, -0.25) is 0 Å². The van der Waals surface area contributed by atoms with Crippen molar-refractivity contribution in [3.8, 4) is 22.7 Å². The molecule has 3 rings (SSSR count). The third-order valence-corrected chi connectivity index (χ3v) is 3.30. The van der Waals surface area contributed by atoms with E-state index in [0.717, 1.165) is 17.7 Å². The molecule has 0 radical (unpaired) electrons. The summed E-state index contributed by atoms with van der Waals surface area (Å²) in [5.74, 6) is 0.936. The van der Waals surface area contributed by atoms with Crippen LogP contribution in [0.25, 0.3) is 22.7 Å². The van der Waals surface area contributed by atoms with Crippen molar-refractivity contribution in [2.75, 3.05) is 0 Å². The number of aryl methyl sites for hydroxylation is 1. The van der Waals surface area contributed by atoms with Crippen molar-refractivity contribution in [1.29, 1.82) is 0 Å². The molecule has 2 aromatic carbocycles. The van der Waals surface area contributed by atoms with Crippen molar-refractivity contribution in [1.82, 2.24) is 4.98 Å². The Morgan fingerprint density at radius 3 is 2.09 bits per heavy atom. The second kappa shape index (κ2) is 5.33. The van der Waals surface area contributed by atoms with Crippen LogP contribution in [0.15, 0.2) is 59.0 Å². The number of hydrogen-bond acceptors (Lipinski definition) is 2. The van der Waals surface area contributed by atoms with Crippen LogP contribution in [0.1, 0.15) is 11.3 Å². The second-order valence-electron chi connectivity index (χ2n) is 4.86. The Labute approximate surface area is 125 Å². The molecule has 0 amide bonds. The van der Waals surface area contributed by atoms with Gasteiger partial charge in [-0.05, 0) is 31.2 Å². The van der Waals surface area contributed by atoms with Gasteiger partial charge >= 0.3 is 6.18 Å². The lowest BCUT2D eigenvalue weighted by atomic mass is 10.1. The fourth-order valence-electron chi connectivity index (χ4n) is 2.19. The normalized spacial score (nSPS) is 11.6. The van der Waals surface area contributed by atoms with Crippen molar-refractivity contribution < 1.29 is 17.6 Å². The fraction of sp³-hybridized carbons (Fsp3) is 0.118. The van der Waals surface area contributed by atoms with E-state index in [2.05, 4.69) is 4.98 Å². The molecule has 3 aromatic rings. The van der Waals surface area contributed by atoms with E-state index in [1.165, 1.54) is 12.1 Å². The highest BCUT2D eigenvalue weighted by molar-refractivity contribution is 5.65. The second-order valence-corrected chi connectivity index (χ2v) is 4.86. The SMILES string of the molecule is Cc1oc(-c2ccc(C(F)(F)F)cc2)nc1-c1ccccc1. The van der Waals surface area contributed by atoms with Gasteiger partial charge in [0.1, 0.15) is 11.5 Å². The summed E-state index contributed by atoms with van der Waals surface area (Å²) in [4.78, 5) is 4.39. The van der Waals surface area contributed by atoms with Crippen LogP contribution < -0.4 is 0 Å². The largest absolute Gasteiger partial charge is 0.441 e. The zero-order valence-corrected chi connectivity index (χ0v) is 11.7. The third-order valence-electron chi connectivity index (χ3n) is 3.30. The molecule has 0 spiro atoms. The van der Waals surface area contributed by atoms with Crippen molar-refractivity contribution in [3.05, 3.63) is 65.9 Å². The van der Waals surface area contributed by atoms with Gasteiger partial charge in [-0.15, -0.1) is 0 Å². The Bertz CT molecular complexity index is 774. The van der Waals surface area contributed by atoms with Gasteiger partial charge in [-0.1, -0.05) is 30.3 Å². The number of nitrogens with zero attached hydrogens (tertiary/aromatic N) is 1. The van der Waals surface area contributed by atoms with E-state index in [4.69, 9.17) is 4.42 Å². The van der Waals surface area contributed by atoms with E-state index in [1.54, 1.807) is 6.92 Å². The Morgan fingerprint density at radius 2 is 1.50 bits per heavy atom. The molecular weight excluding hydrogens is 291 g/mol. The van der Waals surface area contributed by atoms with E-state index in [9.17, 15) is 13.2 Å². The fourth-order valence-corrected chi connectivity index (χ4v) is 2.19. The Hall–Kier alpha value is -2.56. The predicted octanol–water partition coefficient (Wildman–Crippen LogP) is 5.34. The molecule has 0 saturated carbocycles. The summed E-state index contributed by atoms with van der Waals surface area (Å²) in [5.41, 5.74) is 1.42. The van der Waals surface area contributed by atoms with Crippen LogP contribution in [0, 0.1) is 6.92 Å². The monoisotopic (exact) mass is 303 g/mol. The average Bonchev–Trinajstić information content (AvgIpc) is 2.89. The highest BCUT2D eigenvalue weighted by Gasteiger charge is 2.30. The number of rotatable bonds is 2. The maximum atomic E-state index is 12.6. The molecule has 1 aromatic heterocycles. The molecule has 112 valence electrons. The Balaban J connectivity index is 1.97. The predicted molar refractivity (Wildman–Crippen MR) is 77.1 cm³/mol. The number of aromatic nitrogens is 1. The number of halogens is 3. The lowest BCUT2D eigenvalue weighted by Gasteiger charge is -2.06. The van der Waals surface area contributed by atoms with Gasteiger partial charge in [0, 0.05) is 11.1 Å². The van der Waals surface area contributed by atoms with Gasteiger partial charge in [-0.2, -0.15) is 13.2 Å². The first-order valence-corrected chi connectivity index (χ1v) is 6.65. The minimum absolute atomic E-state index is 0.310. The van der Waals surface area contributed by atoms with E-state index in [-0.39, 0.29) is 0 Å². The standard InChI is InChI=1S/C17H12F3NO/c1-11-15(12-5-3-2-4-6-12)21-16(22-11)13-7-9-14(10-8-13)17(18,19)20/h2-10H,1H3. The van der Waals surface area contributed by atoms with Gasteiger partial charge in [0.05, 0.1) is 5.56 Å². The molecule has 0 N–H and O–H groups in total. The molecule has 0 atom stereocenters. The number of alkyl halides is 3. The van der Waals surface area contributed by atoms with Crippen LogP contribution in [0.3, 0.4) is 0 Å². The summed E-state index contributed by atoms with van der Waals surface area (Å²) >= 11 is 0. The first-order chi connectivity index (χ1) is 10.4. The van der Waals surface area contributed by atoms with Crippen molar-refractivity contribution in [2.24, 2.45) is 0 Å². The zero-order chi connectivity index (χ0) is 15.7. The molecule has 0 aliphatic rings. The molecule has 5 heteroatoms. The average molecular weight is 303 g/mol. The lowest BCUT2D eigenvalue weighted by molar-refractivity contribution is -0.137. The molecule has 0 saturated heterocycles. The van der Waals surface area contributed by atoms with E-state index < -0.39 is 11.7 Å². The first-order valence-electron chi connectivity index (χ1n) is 6.65. The number of oxazole rings is 1. The van der Waals surface area contributed by atoms with Crippen LogP contribution in [0.2, 0.25) is 0 Å². The van der Waals surface area contributed by atoms with Crippen molar-refractivity contribution in [3.63, 3.8) is 0 Å². The van der Waals surface area contributed by atoms with E-state index in [1.807, 2.05) is 30.3 Å².